The van der Waals surface area contributed by atoms with Crippen molar-refractivity contribution in [3.63, 3.8) is 0 Å². The van der Waals surface area contributed by atoms with Crippen LogP contribution in [0.1, 0.15) is 32.1 Å². The van der Waals surface area contributed by atoms with E-state index in [9.17, 15) is 0 Å². The van der Waals surface area contributed by atoms with Gasteiger partial charge in [-0.2, -0.15) is 0 Å². The van der Waals surface area contributed by atoms with E-state index in [0.717, 1.165) is 12.0 Å². The summed E-state index contributed by atoms with van der Waals surface area (Å²) in [6.45, 7) is 0. The summed E-state index contributed by atoms with van der Waals surface area (Å²) in [5.74, 6) is 0.965. The highest BCUT2D eigenvalue weighted by molar-refractivity contribution is 6.60. The van der Waals surface area contributed by atoms with Crippen LogP contribution in [0.5, 0.6) is 0 Å². The van der Waals surface area contributed by atoms with E-state index in [0.29, 0.717) is 0 Å². The van der Waals surface area contributed by atoms with Gasteiger partial charge in [0, 0.05) is 27.4 Å². The maximum absolute atomic E-state index is 5.36. The minimum Gasteiger partial charge on any atom is -0.377 e. The van der Waals surface area contributed by atoms with E-state index in [4.69, 9.17) is 13.3 Å². The molecular weight excluding hydrogens is 196 g/mol. The first kappa shape index (κ1) is 12.2. The summed E-state index contributed by atoms with van der Waals surface area (Å²) in [5.41, 5.74) is 0. The molecule has 0 aliphatic heterocycles. The van der Waals surface area contributed by atoms with Gasteiger partial charge < -0.3 is 13.3 Å². The van der Waals surface area contributed by atoms with Crippen molar-refractivity contribution in [2.75, 3.05) is 21.3 Å². The Morgan fingerprint density at radius 3 is 2.00 bits per heavy atom. The van der Waals surface area contributed by atoms with Crippen molar-refractivity contribution in [2.45, 2.75) is 38.1 Å². The molecule has 3 nitrogen and oxygen atoms in total. The van der Waals surface area contributed by atoms with Gasteiger partial charge in [0.1, 0.15) is 0 Å². The average molecular weight is 218 g/mol. The van der Waals surface area contributed by atoms with Gasteiger partial charge in [0.2, 0.25) is 0 Å². The first-order valence-corrected chi connectivity index (χ1v) is 7.35. The summed E-state index contributed by atoms with van der Waals surface area (Å²) in [6.07, 6.45) is 6.74. The second-order valence-electron chi connectivity index (χ2n) is 3.98. The van der Waals surface area contributed by atoms with Crippen molar-refractivity contribution in [3.05, 3.63) is 0 Å². The van der Waals surface area contributed by atoms with Crippen molar-refractivity contribution in [1.29, 1.82) is 0 Å². The van der Waals surface area contributed by atoms with E-state index in [-0.39, 0.29) is 0 Å². The van der Waals surface area contributed by atoms with Crippen LogP contribution < -0.4 is 0 Å². The first-order valence-electron chi connectivity index (χ1n) is 5.42. The molecule has 0 unspecified atom stereocenters. The van der Waals surface area contributed by atoms with Gasteiger partial charge in [-0.1, -0.05) is 25.7 Å². The maximum Gasteiger partial charge on any atom is 0.500 e. The lowest BCUT2D eigenvalue weighted by atomic mass is 9.82. The van der Waals surface area contributed by atoms with Crippen molar-refractivity contribution >= 4 is 8.80 Å². The Kier molecular flexibility index (Phi) is 5.09. The van der Waals surface area contributed by atoms with E-state index in [1.54, 1.807) is 21.3 Å². The van der Waals surface area contributed by atoms with Gasteiger partial charge >= 0.3 is 8.80 Å². The molecule has 0 N–H and O–H groups in total. The standard InChI is InChI=1S/C10H22O3Si/c1-11-14(12-2,13-3)9-5-8-10-6-4-7-10/h10H,4-9H2,1-3H3. The number of rotatable bonds is 7. The lowest BCUT2D eigenvalue weighted by molar-refractivity contribution is 0.121. The first-order chi connectivity index (χ1) is 6.76. The summed E-state index contributed by atoms with van der Waals surface area (Å²) in [6, 6.07) is 0.951. The van der Waals surface area contributed by atoms with Crippen molar-refractivity contribution < 1.29 is 13.3 Å². The van der Waals surface area contributed by atoms with Crippen LogP contribution in [0.2, 0.25) is 6.04 Å². The Bertz CT molecular complexity index is 147. The fourth-order valence-corrected chi connectivity index (χ4v) is 3.69. The maximum atomic E-state index is 5.36. The van der Waals surface area contributed by atoms with Crippen LogP contribution in [0.25, 0.3) is 0 Å². The largest absolute Gasteiger partial charge is 0.500 e. The molecule has 0 aromatic heterocycles. The number of hydrogen-bond donors (Lipinski definition) is 0. The molecular formula is C10H22O3Si. The minimum absolute atomic E-state index is 0.951. The van der Waals surface area contributed by atoms with Crippen molar-refractivity contribution in [3.8, 4) is 0 Å². The molecule has 0 heterocycles. The van der Waals surface area contributed by atoms with Gasteiger partial charge in [-0.15, -0.1) is 0 Å². The van der Waals surface area contributed by atoms with Crippen LogP contribution in [0, 0.1) is 5.92 Å². The van der Waals surface area contributed by atoms with Gasteiger partial charge in [-0.3, -0.25) is 0 Å². The van der Waals surface area contributed by atoms with Crippen LogP contribution in [-0.4, -0.2) is 30.1 Å². The van der Waals surface area contributed by atoms with Gasteiger partial charge in [-0.05, 0) is 12.3 Å². The van der Waals surface area contributed by atoms with Crippen molar-refractivity contribution in [1.82, 2.24) is 0 Å². The van der Waals surface area contributed by atoms with Crippen LogP contribution in [0.3, 0.4) is 0 Å². The third-order valence-corrected chi connectivity index (χ3v) is 6.09. The van der Waals surface area contributed by atoms with E-state index >= 15 is 0 Å². The molecule has 1 saturated carbocycles. The zero-order valence-corrected chi connectivity index (χ0v) is 10.5. The fourth-order valence-electron chi connectivity index (χ4n) is 1.94. The molecule has 1 rings (SSSR count). The molecule has 0 atom stereocenters. The summed E-state index contributed by atoms with van der Waals surface area (Å²) in [4.78, 5) is 0. The predicted octanol–water partition coefficient (Wildman–Crippen LogP) is 2.44. The SMILES string of the molecule is CO[Si](CCCC1CCC1)(OC)OC. The molecule has 0 aromatic rings. The molecule has 14 heavy (non-hydrogen) atoms. The molecule has 84 valence electrons. The topological polar surface area (TPSA) is 27.7 Å². The van der Waals surface area contributed by atoms with Gasteiger partial charge in [-0.25, -0.2) is 0 Å². The van der Waals surface area contributed by atoms with Crippen LogP contribution in [-0.2, 0) is 13.3 Å². The molecule has 0 bridgehead atoms. The van der Waals surface area contributed by atoms with E-state index in [1.807, 2.05) is 0 Å². The minimum atomic E-state index is -2.27. The lowest BCUT2D eigenvalue weighted by Gasteiger charge is -2.28. The molecule has 0 radical (unpaired) electrons. The quantitative estimate of drug-likeness (QED) is 0.614. The molecule has 4 heteroatoms. The normalized spacial score (nSPS) is 18.2. The Balaban J connectivity index is 2.17. The van der Waals surface area contributed by atoms with Crippen LogP contribution in [0.15, 0.2) is 0 Å². The Hall–Kier alpha value is 0.0969. The average Bonchev–Trinajstić information content (AvgIpc) is 2.17. The van der Waals surface area contributed by atoms with E-state index < -0.39 is 8.80 Å². The summed E-state index contributed by atoms with van der Waals surface area (Å²) in [7, 11) is 2.78. The van der Waals surface area contributed by atoms with Crippen LogP contribution in [0.4, 0.5) is 0 Å². The Morgan fingerprint density at radius 1 is 1.07 bits per heavy atom. The zero-order valence-electron chi connectivity index (χ0n) is 9.54. The lowest BCUT2D eigenvalue weighted by Crippen LogP contribution is -2.42. The Labute approximate surface area is 88.1 Å². The second kappa shape index (κ2) is 5.85. The molecule has 0 aromatic carbocycles. The summed E-state index contributed by atoms with van der Waals surface area (Å²) >= 11 is 0. The van der Waals surface area contributed by atoms with E-state index in [2.05, 4.69) is 0 Å². The fraction of sp³-hybridized carbons (Fsp3) is 1.00. The molecule has 0 amide bonds. The van der Waals surface area contributed by atoms with Crippen LogP contribution >= 0.6 is 0 Å². The summed E-state index contributed by atoms with van der Waals surface area (Å²) < 4.78 is 16.1. The monoisotopic (exact) mass is 218 g/mol. The Morgan fingerprint density at radius 2 is 1.64 bits per heavy atom. The number of hydrogen-bond acceptors (Lipinski definition) is 3. The molecule has 1 aliphatic rings. The molecule has 1 fully saturated rings. The highest BCUT2D eigenvalue weighted by Crippen LogP contribution is 2.32. The predicted molar refractivity (Wildman–Crippen MR) is 58.2 cm³/mol. The summed E-state index contributed by atoms with van der Waals surface area (Å²) in [5, 5.41) is 0. The van der Waals surface area contributed by atoms with Gasteiger partial charge in [0.05, 0.1) is 0 Å². The third kappa shape index (κ3) is 3.05. The van der Waals surface area contributed by atoms with Gasteiger partial charge in [0.25, 0.3) is 0 Å². The zero-order chi connectivity index (χ0) is 10.4. The smallest absolute Gasteiger partial charge is 0.377 e. The molecule has 0 spiro atoms. The molecule has 1 aliphatic carbocycles. The highest BCUT2D eigenvalue weighted by Gasteiger charge is 2.37. The second-order valence-corrected chi connectivity index (χ2v) is 7.08. The molecule has 0 saturated heterocycles. The highest BCUT2D eigenvalue weighted by atomic mass is 28.4. The van der Waals surface area contributed by atoms with Crippen molar-refractivity contribution in [2.24, 2.45) is 5.92 Å². The van der Waals surface area contributed by atoms with E-state index in [1.165, 1.54) is 32.1 Å². The van der Waals surface area contributed by atoms with Gasteiger partial charge in [0.15, 0.2) is 0 Å². The third-order valence-electron chi connectivity index (χ3n) is 3.25.